The average molecular weight is 297 g/mol. The maximum absolute atomic E-state index is 4.28. The van der Waals surface area contributed by atoms with Gasteiger partial charge in [-0.15, -0.1) is 11.3 Å². The summed E-state index contributed by atoms with van der Waals surface area (Å²) in [6.45, 7) is 2.18. The van der Waals surface area contributed by atoms with Gasteiger partial charge in [0.15, 0.2) is 0 Å². The van der Waals surface area contributed by atoms with Crippen LogP contribution in [0, 0.1) is 0 Å². The van der Waals surface area contributed by atoms with Gasteiger partial charge in [0.2, 0.25) is 0 Å². The fourth-order valence-corrected chi connectivity index (χ4v) is 3.11. The summed E-state index contributed by atoms with van der Waals surface area (Å²) in [5.41, 5.74) is 4.93. The Hall–Kier alpha value is -1.91. The highest BCUT2D eigenvalue weighted by molar-refractivity contribution is 7.13. The minimum absolute atomic E-state index is 0.320. The molecular weight excluding hydrogens is 278 g/mol. The lowest BCUT2D eigenvalue weighted by Gasteiger charge is -2.14. The third-order valence-electron chi connectivity index (χ3n) is 3.73. The van der Waals surface area contributed by atoms with Crippen molar-refractivity contribution in [1.82, 2.24) is 15.1 Å². The molecule has 0 saturated heterocycles. The summed E-state index contributed by atoms with van der Waals surface area (Å²) in [4.78, 5) is 1.30. The molecule has 0 aliphatic carbocycles. The summed E-state index contributed by atoms with van der Waals surface area (Å²) in [7, 11) is 3.94. The molecule has 1 aromatic carbocycles. The van der Waals surface area contributed by atoms with Crippen LogP contribution in [0.2, 0.25) is 0 Å². The predicted molar refractivity (Wildman–Crippen MR) is 89.4 cm³/mol. The maximum Gasteiger partial charge on any atom is 0.0568 e. The molecule has 108 valence electrons. The van der Waals surface area contributed by atoms with E-state index in [0.29, 0.717) is 6.04 Å². The number of hydrogen-bond donors (Lipinski definition) is 1. The molecule has 0 aliphatic rings. The topological polar surface area (TPSA) is 29.9 Å². The highest BCUT2D eigenvalue weighted by Gasteiger charge is 2.10. The molecule has 2 aromatic heterocycles. The molecule has 0 fully saturated rings. The van der Waals surface area contributed by atoms with Crippen molar-refractivity contribution in [2.45, 2.75) is 13.0 Å². The molecule has 0 amide bonds. The zero-order valence-electron chi connectivity index (χ0n) is 12.5. The molecule has 4 heteroatoms. The van der Waals surface area contributed by atoms with Gasteiger partial charge >= 0.3 is 0 Å². The standard InChI is InChI=1S/C17H19N3S/c1-12(18-2)13-7-14(16-10-19-20(3)11-16)9-15(8-13)17-5-4-6-21-17/h4-12,18H,1-3H3. The quantitative estimate of drug-likeness (QED) is 0.786. The van der Waals surface area contributed by atoms with Crippen molar-refractivity contribution in [1.29, 1.82) is 0 Å². The fourth-order valence-electron chi connectivity index (χ4n) is 2.39. The minimum Gasteiger partial charge on any atom is -0.313 e. The summed E-state index contributed by atoms with van der Waals surface area (Å²) in [5, 5.41) is 9.72. The van der Waals surface area contributed by atoms with Crippen molar-refractivity contribution in [2.24, 2.45) is 7.05 Å². The summed E-state index contributed by atoms with van der Waals surface area (Å²) >= 11 is 1.77. The van der Waals surface area contributed by atoms with Crippen LogP contribution in [0.5, 0.6) is 0 Å². The molecule has 3 rings (SSSR count). The Balaban J connectivity index is 2.13. The average Bonchev–Trinajstić information content (AvgIpc) is 3.17. The van der Waals surface area contributed by atoms with E-state index in [1.54, 1.807) is 11.3 Å². The Morgan fingerprint density at radius 1 is 1.19 bits per heavy atom. The number of aryl methyl sites for hydroxylation is 1. The molecule has 0 bridgehead atoms. The highest BCUT2D eigenvalue weighted by Crippen LogP contribution is 2.32. The molecule has 0 radical (unpaired) electrons. The molecule has 1 atom stereocenters. The molecule has 0 saturated carbocycles. The van der Waals surface area contributed by atoms with E-state index in [9.17, 15) is 0 Å². The van der Waals surface area contributed by atoms with E-state index in [1.165, 1.54) is 21.6 Å². The van der Waals surface area contributed by atoms with E-state index in [2.05, 4.69) is 59.2 Å². The first-order chi connectivity index (χ1) is 10.2. The second kappa shape index (κ2) is 5.84. The van der Waals surface area contributed by atoms with Gasteiger partial charge in [0.05, 0.1) is 6.20 Å². The number of rotatable bonds is 4. The van der Waals surface area contributed by atoms with Crippen LogP contribution in [0.4, 0.5) is 0 Å². The molecule has 21 heavy (non-hydrogen) atoms. The molecule has 3 nitrogen and oxygen atoms in total. The molecule has 3 aromatic rings. The van der Waals surface area contributed by atoms with Gasteiger partial charge in [0, 0.05) is 29.7 Å². The second-order valence-electron chi connectivity index (χ2n) is 5.23. The van der Waals surface area contributed by atoms with Gasteiger partial charge in [-0.05, 0) is 60.3 Å². The largest absolute Gasteiger partial charge is 0.313 e. The van der Waals surface area contributed by atoms with Crippen molar-refractivity contribution < 1.29 is 0 Å². The second-order valence-corrected chi connectivity index (χ2v) is 6.18. The summed E-state index contributed by atoms with van der Waals surface area (Å²) in [6, 6.07) is 11.3. The van der Waals surface area contributed by atoms with Crippen molar-refractivity contribution in [3.05, 3.63) is 53.7 Å². The first-order valence-electron chi connectivity index (χ1n) is 7.02. The number of aromatic nitrogens is 2. The Bertz CT molecular complexity index is 728. The van der Waals surface area contributed by atoms with Gasteiger partial charge in [-0.1, -0.05) is 6.07 Å². The normalized spacial score (nSPS) is 12.5. The van der Waals surface area contributed by atoms with Crippen LogP contribution in [-0.4, -0.2) is 16.8 Å². The van der Waals surface area contributed by atoms with Gasteiger partial charge < -0.3 is 5.32 Å². The van der Waals surface area contributed by atoms with E-state index < -0.39 is 0 Å². The van der Waals surface area contributed by atoms with Crippen LogP contribution in [0.1, 0.15) is 18.5 Å². The molecule has 0 aliphatic heterocycles. The molecular formula is C17H19N3S. The molecule has 0 spiro atoms. The smallest absolute Gasteiger partial charge is 0.0568 e. The Labute approximate surface area is 129 Å². The SMILES string of the molecule is CNC(C)c1cc(-c2cnn(C)c2)cc(-c2cccs2)c1. The lowest BCUT2D eigenvalue weighted by molar-refractivity contribution is 0.653. The van der Waals surface area contributed by atoms with Crippen LogP contribution >= 0.6 is 11.3 Å². The van der Waals surface area contributed by atoms with E-state index in [4.69, 9.17) is 0 Å². The van der Waals surface area contributed by atoms with Crippen LogP contribution in [0.15, 0.2) is 48.1 Å². The van der Waals surface area contributed by atoms with E-state index in [-0.39, 0.29) is 0 Å². The first-order valence-corrected chi connectivity index (χ1v) is 7.90. The lowest BCUT2D eigenvalue weighted by Crippen LogP contribution is -2.12. The highest BCUT2D eigenvalue weighted by atomic mass is 32.1. The van der Waals surface area contributed by atoms with Crippen LogP contribution in [0.25, 0.3) is 21.6 Å². The van der Waals surface area contributed by atoms with Gasteiger partial charge in [-0.25, -0.2) is 0 Å². The van der Waals surface area contributed by atoms with Crippen molar-refractivity contribution in [2.75, 3.05) is 7.05 Å². The predicted octanol–water partition coefficient (Wildman–Crippen LogP) is 4.10. The van der Waals surface area contributed by atoms with Gasteiger partial charge in [-0.2, -0.15) is 5.10 Å². The van der Waals surface area contributed by atoms with Crippen LogP contribution in [-0.2, 0) is 7.05 Å². The third-order valence-corrected chi connectivity index (χ3v) is 4.65. The number of hydrogen-bond acceptors (Lipinski definition) is 3. The van der Waals surface area contributed by atoms with Gasteiger partial charge in [0.1, 0.15) is 0 Å². The molecule has 2 heterocycles. The lowest BCUT2D eigenvalue weighted by atomic mass is 9.98. The Kier molecular flexibility index (Phi) is 3.90. The van der Waals surface area contributed by atoms with E-state index >= 15 is 0 Å². The monoisotopic (exact) mass is 297 g/mol. The van der Waals surface area contributed by atoms with Gasteiger partial charge in [-0.3, -0.25) is 4.68 Å². The first kappa shape index (κ1) is 14.0. The van der Waals surface area contributed by atoms with Crippen molar-refractivity contribution in [3.8, 4) is 21.6 Å². The molecule has 1 N–H and O–H groups in total. The van der Waals surface area contributed by atoms with Crippen molar-refractivity contribution in [3.63, 3.8) is 0 Å². The zero-order valence-corrected chi connectivity index (χ0v) is 13.3. The van der Waals surface area contributed by atoms with Gasteiger partial charge in [0.25, 0.3) is 0 Å². The minimum atomic E-state index is 0.320. The Morgan fingerprint density at radius 2 is 2.00 bits per heavy atom. The summed E-state index contributed by atoms with van der Waals surface area (Å²) in [5.74, 6) is 0. The molecule has 1 unspecified atom stereocenters. The third kappa shape index (κ3) is 2.91. The maximum atomic E-state index is 4.28. The zero-order chi connectivity index (χ0) is 14.8. The van der Waals surface area contributed by atoms with Crippen LogP contribution < -0.4 is 5.32 Å². The van der Waals surface area contributed by atoms with Crippen LogP contribution in [0.3, 0.4) is 0 Å². The van der Waals surface area contributed by atoms with E-state index in [1.807, 2.05) is 25.0 Å². The summed E-state index contributed by atoms with van der Waals surface area (Å²) < 4.78 is 1.84. The number of nitrogens with zero attached hydrogens (tertiary/aromatic N) is 2. The summed E-state index contributed by atoms with van der Waals surface area (Å²) in [6.07, 6.45) is 3.97. The Morgan fingerprint density at radius 3 is 2.62 bits per heavy atom. The number of thiophene rings is 1. The number of nitrogens with one attached hydrogen (secondary N) is 1. The number of benzene rings is 1. The fraction of sp³-hybridized carbons (Fsp3) is 0.235. The van der Waals surface area contributed by atoms with Crippen molar-refractivity contribution >= 4 is 11.3 Å². The van der Waals surface area contributed by atoms with E-state index in [0.717, 1.165) is 5.56 Å².